The van der Waals surface area contributed by atoms with Gasteiger partial charge in [-0.3, -0.25) is 0 Å². The molecule has 2 atom stereocenters. The molecule has 0 fully saturated rings. The highest BCUT2D eigenvalue weighted by Crippen LogP contribution is 2.36. The molecule has 2 unspecified atom stereocenters. The van der Waals surface area contributed by atoms with E-state index in [0.29, 0.717) is 11.3 Å². The van der Waals surface area contributed by atoms with Crippen LogP contribution >= 0.6 is 11.8 Å². The second-order valence-electron chi connectivity index (χ2n) is 5.41. The number of rotatable bonds is 7. The van der Waals surface area contributed by atoms with Crippen LogP contribution in [0.5, 0.6) is 11.5 Å². The van der Waals surface area contributed by atoms with Crippen molar-refractivity contribution in [3.8, 4) is 11.5 Å². The Morgan fingerprint density at radius 3 is 2.62 bits per heavy atom. The van der Waals surface area contributed by atoms with Gasteiger partial charge >= 0.3 is 0 Å². The smallest absolute Gasteiger partial charge is 0.162 e. The van der Waals surface area contributed by atoms with Crippen molar-refractivity contribution >= 4 is 11.8 Å². The van der Waals surface area contributed by atoms with Crippen molar-refractivity contribution in [2.45, 2.75) is 55.7 Å². The molecule has 0 saturated heterocycles. The van der Waals surface area contributed by atoms with Crippen LogP contribution in [-0.2, 0) is 0 Å². The summed E-state index contributed by atoms with van der Waals surface area (Å²) in [5.74, 6) is 1.77. The molecule has 0 aliphatic carbocycles. The lowest BCUT2D eigenvalue weighted by Crippen LogP contribution is -2.35. The van der Waals surface area contributed by atoms with Crippen LogP contribution in [0.3, 0.4) is 0 Å². The second kappa shape index (κ2) is 8.54. The predicted octanol–water partition coefficient (Wildman–Crippen LogP) is 4.11. The summed E-state index contributed by atoms with van der Waals surface area (Å²) in [6, 6.07) is 6.89. The molecule has 2 rings (SSSR count). The van der Waals surface area contributed by atoms with E-state index in [9.17, 15) is 0 Å². The molecule has 1 heterocycles. The Kier molecular flexibility index (Phi) is 6.71. The number of hydrogen-bond acceptors (Lipinski definition) is 4. The van der Waals surface area contributed by atoms with Crippen LogP contribution in [0.2, 0.25) is 0 Å². The molecule has 1 N–H and O–H groups in total. The molecule has 0 bridgehead atoms. The molecule has 0 aromatic heterocycles. The van der Waals surface area contributed by atoms with Crippen molar-refractivity contribution in [2.75, 3.05) is 20.3 Å². The van der Waals surface area contributed by atoms with Gasteiger partial charge in [0.05, 0.1) is 13.2 Å². The number of hydrogen-bond donors (Lipinski definition) is 1. The lowest BCUT2D eigenvalue weighted by atomic mass is 10.1. The minimum atomic E-state index is 0.556. The Morgan fingerprint density at radius 2 is 1.95 bits per heavy atom. The standard InChI is InChI=1S/C17H27NO2S/c1-4-7-14(18-3)17(5-2)21-13-8-9-15-16(12-13)20-11-6-10-19-15/h8-9,12,14,17-18H,4-7,10-11H2,1-3H3. The first-order chi connectivity index (χ1) is 10.3. The van der Waals surface area contributed by atoms with Gasteiger partial charge in [0.2, 0.25) is 0 Å². The van der Waals surface area contributed by atoms with E-state index < -0.39 is 0 Å². The normalized spacial score (nSPS) is 17.1. The summed E-state index contributed by atoms with van der Waals surface area (Å²) < 4.78 is 11.5. The molecule has 1 aliphatic rings. The summed E-state index contributed by atoms with van der Waals surface area (Å²) in [4.78, 5) is 1.27. The van der Waals surface area contributed by atoms with E-state index in [2.05, 4.69) is 38.3 Å². The first-order valence-electron chi connectivity index (χ1n) is 8.02. The number of ether oxygens (including phenoxy) is 2. The van der Waals surface area contributed by atoms with E-state index in [1.807, 2.05) is 17.8 Å². The van der Waals surface area contributed by atoms with E-state index >= 15 is 0 Å². The molecule has 0 radical (unpaired) electrons. The van der Waals surface area contributed by atoms with Gasteiger partial charge in [-0.25, -0.2) is 0 Å². The fourth-order valence-corrected chi connectivity index (χ4v) is 3.94. The van der Waals surface area contributed by atoms with Crippen molar-refractivity contribution in [1.82, 2.24) is 5.32 Å². The third-order valence-corrected chi connectivity index (χ3v) is 5.32. The van der Waals surface area contributed by atoms with Gasteiger partial charge in [0, 0.05) is 22.6 Å². The van der Waals surface area contributed by atoms with Crippen LogP contribution in [0.1, 0.15) is 39.5 Å². The Hall–Kier alpha value is -0.870. The Balaban J connectivity index is 2.08. The van der Waals surface area contributed by atoms with Crippen LogP contribution in [0, 0.1) is 0 Å². The van der Waals surface area contributed by atoms with Gasteiger partial charge in [0.25, 0.3) is 0 Å². The highest BCUT2D eigenvalue weighted by atomic mass is 32.2. The van der Waals surface area contributed by atoms with Gasteiger partial charge in [0.1, 0.15) is 0 Å². The van der Waals surface area contributed by atoms with Gasteiger partial charge in [-0.1, -0.05) is 20.3 Å². The summed E-state index contributed by atoms with van der Waals surface area (Å²) >= 11 is 1.94. The Bertz CT molecular complexity index is 439. The van der Waals surface area contributed by atoms with Crippen molar-refractivity contribution < 1.29 is 9.47 Å². The molecule has 4 heteroatoms. The maximum atomic E-state index is 5.78. The van der Waals surface area contributed by atoms with Crippen molar-refractivity contribution in [3.05, 3.63) is 18.2 Å². The molecular formula is C17H27NO2S. The maximum absolute atomic E-state index is 5.78. The molecule has 1 aromatic carbocycles. The topological polar surface area (TPSA) is 30.5 Å². The van der Waals surface area contributed by atoms with E-state index in [4.69, 9.17) is 9.47 Å². The fourth-order valence-electron chi connectivity index (χ4n) is 2.67. The monoisotopic (exact) mass is 309 g/mol. The second-order valence-corrected chi connectivity index (χ2v) is 6.72. The highest BCUT2D eigenvalue weighted by Gasteiger charge is 2.20. The Labute approximate surface area is 132 Å². The molecule has 0 saturated carbocycles. The summed E-state index contributed by atoms with van der Waals surface area (Å²) in [5, 5.41) is 4.05. The molecule has 0 amide bonds. The van der Waals surface area contributed by atoms with Crippen molar-refractivity contribution in [1.29, 1.82) is 0 Å². The van der Waals surface area contributed by atoms with E-state index in [1.54, 1.807) is 0 Å². The van der Waals surface area contributed by atoms with Crippen LogP contribution < -0.4 is 14.8 Å². The van der Waals surface area contributed by atoms with Gasteiger partial charge in [-0.15, -0.1) is 11.8 Å². The van der Waals surface area contributed by atoms with Crippen LogP contribution in [0.25, 0.3) is 0 Å². The van der Waals surface area contributed by atoms with Gasteiger partial charge < -0.3 is 14.8 Å². The number of thioether (sulfide) groups is 1. The fraction of sp³-hybridized carbons (Fsp3) is 0.647. The lowest BCUT2D eigenvalue weighted by Gasteiger charge is -2.25. The van der Waals surface area contributed by atoms with Gasteiger partial charge in [-0.2, -0.15) is 0 Å². The van der Waals surface area contributed by atoms with Crippen molar-refractivity contribution in [2.24, 2.45) is 0 Å². The van der Waals surface area contributed by atoms with E-state index in [0.717, 1.165) is 37.6 Å². The Morgan fingerprint density at radius 1 is 1.19 bits per heavy atom. The SMILES string of the molecule is CCCC(NC)C(CC)Sc1ccc2c(c1)OCCCO2. The largest absolute Gasteiger partial charge is 0.490 e. The molecule has 1 aromatic rings. The minimum absolute atomic E-state index is 0.556. The summed E-state index contributed by atoms with van der Waals surface area (Å²) in [6.45, 7) is 6.00. The summed E-state index contributed by atoms with van der Waals surface area (Å²) in [6.07, 6.45) is 4.54. The van der Waals surface area contributed by atoms with Crippen LogP contribution in [-0.4, -0.2) is 31.6 Å². The number of fused-ring (bicyclic) bond motifs is 1. The summed E-state index contributed by atoms with van der Waals surface area (Å²) in [5.41, 5.74) is 0. The molecule has 21 heavy (non-hydrogen) atoms. The lowest BCUT2D eigenvalue weighted by molar-refractivity contribution is 0.297. The van der Waals surface area contributed by atoms with Gasteiger partial charge in [0.15, 0.2) is 11.5 Å². The highest BCUT2D eigenvalue weighted by molar-refractivity contribution is 8.00. The van der Waals surface area contributed by atoms with Crippen LogP contribution in [0.4, 0.5) is 0 Å². The average molecular weight is 309 g/mol. The first-order valence-corrected chi connectivity index (χ1v) is 8.90. The molecule has 0 spiro atoms. The molecular weight excluding hydrogens is 282 g/mol. The molecule has 1 aliphatic heterocycles. The zero-order valence-electron chi connectivity index (χ0n) is 13.4. The van der Waals surface area contributed by atoms with Gasteiger partial charge in [-0.05, 0) is 38.1 Å². The van der Waals surface area contributed by atoms with Crippen molar-refractivity contribution in [3.63, 3.8) is 0 Å². The van der Waals surface area contributed by atoms with E-state index in [-0.39, 0.29) is 0 Å². The third kappa shape index (κ3) is 4.55. The summed E-state index contributed by atoms with van der Waals surface area (Å²) in [7, 11) is 2.07. The molecule has 118 valence electrons. The quantitative estimate of drug-likeness (QED) is 0.768. The molecule has 3 nitrogen and oxygen atoms in total. The third-order valence-electron chi connectivity index (χ3n) is 3.83. The first kappa shape index (κ1) is 16.5. The van der Waals surface area contributed by atoms with Crippen LogP contribution in [0.15, 0.2) is 23.1 Å². The number of nitrogens with one attached hydrogen (secondary N) is 1. The van der Waals surface area contributed by atoms with E-state index in [1.165, 1.54) is 17.7 Å². The zero-order valence-corrected chi connectivity index (χ0v) is 14.2. The predicted molar refractivity (Wildman–Crippen MR) is 89.7 cm³/mol. The zero-order chi connectivity index (χ0) is 15.1. The number of benzene rings is 1. The average Bonchev–Trinajstić information content (AvgIpc) is 2.75. The minimum Gasteiger partial charge on any atom is -0.490 e. The maximum Gasteiger partial charge on any atom is 0.162 e.